The van der Waals surface area contributed by atoms with E-state index >= 15 is 0 Å². The number of hydrogen-bond donors (Lipinski definition) is 0. The second-order valence-electron chi connectivity index (χ2n) is 6.02. The van der Waals surface area contributed by atoms with Gasteiger partial charge in [-0.2, -0.15) is 0 Å². The SMILES string of the molecule is COc1ccc(Cl)cc1C(=O)N1CCON(c2nc(C)cc(C)n2)CC1. The number of aryl methyl sites for hydroxylation is 2. The molecule has 26 heavy (non-hydrogen) atoms. The van der Waals surface area contributed by atoms with E-state index in [1.165, 1.54) is 7.11 Å². The second kappa shape index (κ2) is 7.88. The number of nitrogens with zero attached hydrogens (tertiary/aromatic N) is 4. The summed E-state index contributed by atoms with van der Waals surface area (Å²) in [5.74, 6) is 0.868. The largest absolute Gasteiger partial charge is 0.496 e. The van der Waals surface area contributed by atoms with Gasteiger partial charge in [0.1, 0.15) is 5.75 Å². The van der Waals surface area contributed by atoms with Crippen LogP contribution in [-0.2, 0) is 4.84 Å². The molecule has 1 aromatic carbocycles. The zero-order chi connectivity index (χ0) is 18.7. The van der Waals surface area contributed by atoms with Crippen LogP contribution in [0, 0.1) is 13.8 Å². The molecule has 1 aliphatic rings. The summed E-state index contributed by atoms with van der Waals surface area (Å²) in [4.78, 5) is 29.2. The Hall–Kier alpha value is -2.38. The molecule has 0 atom stereocenters. The number of aromatic nitrogens is 2. The molecule has 0 N–H and O–H groups in total. The quantitative estimate of drug-likeness (QED) is 0.820. The first-order valence-corrected chi connectivity index (χ1v) is 8.71. The third kappa shape index (κ3) is 4.05. The van der Waals surface area contributed by atoms with E-state index in [9.17, 15) is 4.79 Å². The van der Waals surface area contributed by atoms with Crippen molar-refractivity contribution in [2.45, 2.75) is 13.8 Å². The average Bonchev–Trinajstić information content (AvgIpc) is 2.86. The lowest BCUT2D eigenvalue weighted by atomic mass is 10.1. The van der Waals surface area contributed by atoms with Crippen molar-refractivity contribution < 1.29 is 14.4 Å². The molecule has 8 heteroatoms. The molecule has 7 nitrogen and oxygen atoms in total. The molecule has 1 aliphatic heterocycles. The molecule has 0 spiro atoms. The first-order valence-electron chi connectivity index (χ1n) is 8.33. The number of amides is 1. The van der Waals surface area contributed by atoms with Crippen LogP contribution in [0.4, 0.5) is 5.95 Å². The Kier molecular flexibility index (Phi) is 5.58. The van der Waals surface area contributed by atoms with Gasteiger partial charge in [-0.1, -0.05) is 11.6 Å². The predicted molar refractivity (Wildman–Crippen MR) is 98.7 cm³/mol. The molecule has 2 heterocycles. The molecule has 1 fully saturated rings. The van der Waals surface area contributed by atoms with Crippen LogP contribution in [0.2, 0.25) is 5.02 Å². The van der Waals surface area contributed by atoms with Gasteiger partial charge in [0, 0.05) is 29.5 Å². The van der Waals surface area contributed by atoms with Crippen LogP contribution in [0.25, 0.3) is 0 Å². The Morgan fingerprint density at radius 2 is 1.88 bits per heavy atom. The number of anilines is 1. The Morgan fingerprint density at radius 1 is 1.15 bits per heavy atom. The Labute approximate surface area is 157 Å². The van der Waals surface area contributed by atoms with E-state index in [0.717, 1.165) is 11.4 Å². The minimum atomic E-state index is -0.142. The highest BCUT2D eigenvalue weighted by Crippen LogP contribution is 2.24. The number of hydrogen-bond acceptors (Lipinski definition) is 6. The lowest BCUT2D eigenvalue weighted by Gasteiger charge is -2.21. The van der Waals surface area contributed by atoms with E-state index in [2.05, 4.69) is 9.97 Å². The van der Waals surface area contributed by atoms with Crippen LogP contribution in [0.3, 0.4) is 0 Å². The van der Waals surface area contributed by atoms with Crippen molar-refractivity contribution in [2.75, 3.05) is 38.4 Å². The molecule has 0 unspecified atom stereocenters. The number of carbonyl (C=O) groups is 1. The molecule has 2 aromatic rings. The van der Waals surface area contributed by atoms with Crippen molar-refractivity contribution >= 4 is 23.5 Å². The summed E-state index contributed by atoms with van der Waals surface area (Å²) in [5.41, 5.74) is 2.19. The fraction of sp³-hybridized carbons (Fsp3) is 0.389. The standard InChI is InChI=1S/C18H21ClN4O3/c1-12-10-13(2)21-18(20-12)23-7-6-22(8-9-26-23)17(24)15-11-14(19)4-5-16(15)25-3/h4-5,10-11H,6-9H2,1-3H3. The minimum Gasteiger partial charge on any atom is -0.496 e. The van der Waals surface area contributed by atoms with Crippen molar-refractivity contribution in [3.05, 3.63) is 46.2 Å². The fourth-order valence-corrected chi connectivity index (χ4v) is 3.02. The zero-order valence-corrected chi connectivity index (χ0v) is 15.8. The highest BCUT2D eigenvalue weighted by atomic mass is 35.5. The monoisotopic (exact) mass is 376 g/mol. The fourth-order valence-electron chi connectivity index (χ4n) is 2.85. The summed E-state index contributed by atoms with van der Waals surface area (Å²) < 4.78 is 5.29. The van der Waals surface area contributed by atoms with Crippen molar-refractivity contribution in [3.63, 3.8) is 0 Å². The molecule has 0 bridgehead atoms. The lowest BCUT2D eigenvalue weighted by Crippen LogP contribution is -2.36. The van der Waals surface area contributed by atoms with E-state index < -0.39 is 0 Å². The highest BCUT2D eigenvalue weighted by molar-refractivity contribution is 6.31. The number of benzene rings is 1. The molecule has 0 saturated carbocycles. The van der Waals surface area contributed by atoms with Crippen LogP contribution in [-0.4, -0.2) is 54.1 Å². The molecule has 3 rings (SSSR count). The molecule has 1 aromatic heterocycles. The predicted octanol–water partition coefficient (Wildman–Crippen LogP) is 2.65. The van der Waals surface area contributed by atoms with E-state index in [4.69, 9.17) is 21.2 Å². The van der Waals surface area contributed by atoms with Gasteiger partial charge < -0.3 is 9.64 Å². The van der Waals surface area contributed by atoms with Gasteiger partial charge in [0.15, 0.2) is 0 Å². The van der Waals surface area contributed by atoms with Gasteiger partial charge in [0.2, 0.25) is 5.95 Å². The van der Waals surface area contributed by atoms with Crippen LogP contribution in [0.5, 0.6) is 5.75 Å². The van der Waals surface area contributed by atoms with Gasteiger partial charge in [-0.05, 0) is 38.1 Å². The number of ether oxygens (including phenoxy) is 1. The van der Waals surface area contributed by atoms with Crippen LogP contribution < -0.4 is 9.80 Å². The summed E-state index contributed by atoms with van der Waals surface area (Å²) in [7, 11) is 1.53. The summed E-state index contributed by atoms with van der Waals surface area (Å²) >= 11 is 6.05. The van der Waals surface area contributed by atoms with Crippen molar-refractivity contribution in [1.82, 2.24) is 14.9 Å². The number of carbonyl (C=O) groups excluding carboxylic acids is 1. The summed E-state index contributed by atoms with van der Waals surface area (Å²) in [6, 6.07) is 6.92. The second-order valence-corrected chi connectivity index (χ2v) is 6.46. The van der Waals surface area contributed by atoms with Crippen LogP contribution in [0.1, 0.15) is 21.7 Å². The van der Waals surface area contributed by atoms with E-state index in [-0.39, 0.29) is 5.91 Å². The maximum atomic E-state index is 12.9. The lowest BCUT2D eigenvalue weighted by molar-refractivity contribution is 0.0726. The summed E-state index contributed by atoms with van der Waals surface area (Å²) in [6.45, 7) is 5.58. The number of methoxy groups -OCH3 is 1. The number of rotatable bonds is 3. The Bertz CT molecular complexity index is 795. The van der Waals surface area contributed by atoms with Gasteiger partial charge in [0.05, 0.1) is 25.8 Å². The Morgan fingerprint density at radius 3 is 2.58 bits per heavy atom. The molecule has 0 aliphatic carbocycles. The summed E-state index contributed by atoms with van der Waals surface area (Å²) in [6.07, 6.45) is 0. The first-order chi connectivity index (χ1) is 12.5. The number of halogens is 1. The summed E-state index contributed by atoms with van der Waals surface area (Å²) in [5, 5.41) is 2.13. The van der Waals surface area contributed by atoms with Gasteiger partial charge in [-0.3, -0.25) is 9.63 Å². The van der Waals surface area contributed by atoms with Crippen molar-refractivity contribution in [1.29, 1.82) is 0 Å². The average molecular weight is 377 g/mol. The molecule has 1 saturated heterocycles. The van der Waals surface area contributed by atoms with Crippen LogP contribution >= 0.6 is 11.6 Å². The molecule has 138 valence electrons. The first kappa shape index (κ1) is 18.4. The van der Waals surface area contributed by atoms with E-state index in [1.54, 1.807) is 28.2 Å². The third-order valence-corrected chi connectivity index (χ3v) is 4.29. The maximum absolute atomic E-state index is 12.9. The van der Waals surface area contributed by atoms with Crippen molar-refractivity contribution in [3.8, 4) is 5.75 Å². The molecule has 0 radical (unpaired) electrons. The van der Waals surface area contributed by atoms with Crippen LogP contribution in [0.15, 0.2) is 24.3 Å². The van der Waals surface area contributed by atoms with E-state index in [1.807, 2.05) is 19.9 Å². The van der Waals surface area contributed by atoms with E-state index in [0.29, 0.717) is 48.5 Å². The van der Waals surface area contributed by atoms with Gasteiger partial charge in [0.25, 0.3) is 5.91 Å². The van der Waals surface area contributed by atoms with Gasteiger partial charge in [-0.25, -0.2) is 15.0 Å². The molecule has 1 amide bonds. The topological polar surface area (TPSA) is 67.8 Å². The zero-order valence-electron chi connectivity index (χ0n) is 15.0. The third-order valence-electron chi connectivity index (χ3n) is 4.05. The van der Waals surface area contributed by atoms with Gasteiger partial charge in [-0.15, -0.1) is 0 Å². The molecular formula is C18H21ClN4O3. The van der Waals surface area contributed by atoms with Crippen molar-refractivity contribution in [2.24, 2.45) is 0 Å². The highest BCUT2D eigenvalue weighted by Gasteiger charge is 2.24. The normalized spacial score (nSPS) is 14.9. The van der Waals surface area contributed by atoms with Gasteiger partial charge >= 0.3 is 0 Å². The number of hydroxylamine groups is 1. The smallest absolute Gasteiger partial charge is 0.257 e. The maximum Gasteiger partial charge on any atom is 0.257 e. The molecular weight excluding hydrogens is 356 g/mol. The Balaban J connectivity index is 1.76. The minimum absolute atomic E-state index is 0.142.